The molecular formula is C17H30N4. The van der Waals surface area contributed by atoms with Crippen LogP contribution in [-0.2, 0) is 5.41 Å². The fourth-order valence-electron chi connectivity index (χ4n) is 2.99. The van der Waals surface area contributed by atoms with E-state index < -0.39 is 0 Å². The first kappa shape index (κ1) is 16.1. The van der Waals surface area contributed by atoms with Crippen molar-refractivity contribution in [3.8, 4) is 0 Å². The minimum atomic E-state index is -0.0460. The van der Waals surface area contributed by atoms with E-state index in [9.17, 15) is 0 Å². The van der Waals surface area contributed by atoms with Gasteiger partial charge in [-0.25, -0.2) is 9.97 Å². The topological polar surface area (TPSA) is 49.8 Å². The van der Waals surface area contributed by atoms with Crippen LogP contribution in [-0.4, -0.2) is 23.1 Å². The smallest absolute Gasteiger partial charge is 0.138 e. The number of aromatic nitrogens is 2. The van der Waals surface area contributed by atoms with Crippen molar-refractivity contribution < 1.29 is 0 Å². The van der Waals surface area contributed by atoms with Gasteiger partial charge >= 0.3 is 0 Å². The average molecular weight is 290 g/mol. The molecule has 1 aliphatic rings. The molecule has 0 aliphatic heterocycles. The Morgan fingerprint density at radius 2 is 1.76 bits per heavy atom. The second-order valence-corrected chi connectivity index (χ2v) is 7.48. The predicted molar refractivity (Wildman–Crippen MR) is 90.1 cm³/mol. The summed E-state index contributed by atoms with van der Waals surface area (Å²) in [5, 5.41) is 6.88. The summed E-state index contributed by atoms with van der Waals surface area (Å²) in [6, 6.07) is 0.542. The maximum atomic E-state index is 4.81. The van der Waals surface area contributed by atoms with E-state index in [2.05, 4.69) is 50.2 Å². The average Bonchev–Trinajstić information content (AvgIpc) is 2.40. The fraction of sp³-hybridized carbons (Fsp3) is 0.765. The summed E-state index contributed by atoms with van der Waals surface area (Å²) < 4.78 is 0. The molecule has 1 aliphatic carbocycles. The van der Waals surface area contributed by atoms with Crippen LogP contribution in [0.2, 0.25) is 0 Å². The molecule has 118 valence electrons. The van der Waals surface area contributed by atoms with Crippen LogP contribution in [0.25, 0.3) is 0 Å². The molecule has 2 rings (SSSR count). The molecule has 0 saturated heterocycles. The molecule has 1 heterocycles. The van der Waals surface area contributed by atoms with Gasteiger partial charge in [0.15, 0.2) is 0 Å². The SMILES string of the molecule is CNc1nc(C(C)(C)C)nc(NC2CCCC(C)C2)c1C. The highest BCUT2D eigenvalue weighted by atomic mass is 15.1. The van der Waals surface area contributed by atoms with E-state index in [1.807, 2.05) is 7.05 Å². The van der Waals surface area contributed by atoms with Crippen molar-refractivity contribution >= 4 is 11.6 Å². The van der Waals surface area contributed by atoms with Crippen LogP contribution in [0, 0.1) is 12.8 Å². The molecule has 1 aromatic rings. The Hall–Kier alpha value is -1.32. The van der Waals surface area contributed by atoms with Gasteiger partial charge in [0, 0.05) is 24.1 Å². The highest BCUT2D eigenvalue weighted by Crippen LogP contribution is 2.30. The lowest BCUT2D eigenvalue weighted by molar-refractivity contribution is 0.358. The Kier molecular flexibility index (Phi) is 4.74. The van der Waals surface area contributed by atoms with Crippen molar-refractivity contribution in [2.75, 3.05) is 17.7 Å². The number of anilines is 2. The molecule has 4 heteroatoms. The molecule has 1 fully saturated rings. The summed E-state index contributed by atoms with van der Waals surface area (Å²) in [5.41, 5.74) is 1.07. The normalized spacial score (nSPS) is 23.0. The van der Waals surface area contributed by atoms with Gasteiger partial charge in [0.05, 0.1) is 0 Å². The first-order valence-corrected chi connectivity index (χ1v) is 8.14. The Morgan fingerprint density at radius 1 is 1.10 bits per heavy atom. The van der Waals surface area contributed by atoms with Gasteiger partial charge < -0.3 is 10.6 Å². The first-order valence-electron chi connectivity index (χ1n) is 8.14. The summed E-state index contributed by atoms with van der Waals surface area (Å²) in [6.07, 6.45) is 5.15. The van der Waals surface area contributed by atoms with E-state index in [0.29, 0.717) is 6.04 Å². The predicted octanol–water partition coefficient (Wildman–Crippen LogP) is 4.11. The van der Waals surface area contributed by atoms with Gasteiger partial charge in [0.2, 0.25) is 0 Å². The lowest BCUT2D eigenvalue weighted by atomic mass is 9.87. The van der Waals surface area contributed by atoms with Crippen molar-refractivity contribution in [2.45, 2.75) is 71.8 Å². The van der Waals surface area contributed by atoms with E-state index in [-0.39, 0.29) is 5.41 Å². The van der Waals surface area contributed by atoms with Crippen molar-refractivity contribution in [3.63, 3.8) is 0 Å². The molecule has 0 spiro atoms. The van der Waals surface area contributed by atoms with Crippen LogP contribution >= 0.6 is 0 Å². The van der Waals surface area contributed by atoms with Gasteiger partial charge in [0.25, 0.3) is 0 Å². The number of rotatable bonds is 3. The van der Waals surface area contributed by atoms with Crippen LogP contribution in [0.15, 0.2) is 0 Å². The van der Waals surface area contributed by atoms with E-state index in [4.69, 9.17) is 4.98 Å². The molecule has 2 N–H and O–H groups in total. The van der Waals surface area contributed by atoms with Crippen LogP contribution < -0.4 is 10.6 Å². The monoisotopic (exact) mass is 290 g/mol. The fourth-order valence-corrected chi connectivity index (χ4v) is 2.99. The highest BCUT2D eigenvalue weighted by Gasteiger charge is 2.23. The zero-order chi connectivity index (χ0) is 15.6. The van der Waals surface area contributed by atoms with Crippen molar-refractivity contribution in [1.29, 1.82) is 0 Å². The second kappa shape index (κ2) is 6.20. The third-order valence-electron chi connectivity index (χ3n) is 4.33. The first-order chi connectivity index (χ1) is 9.81. The van der Waals surface area contributed by atoms with Crippen LogP contribution in [0.5, 0.6) is 0 Å². The molecule has 1 aromatic heterocycles. The van der Waals surface area contributed by atoms with Crippen molar-refractivity contribution in [2.24, 2.45) is 5.92 Å². The molecule has 0 bridgehead atoms. The van der Waals surface area contributed by atoms with E-state index in [0.717, 1.165) is 28.9 Å². The third-order valence-corrected chi connectivity index (χ3v) is 4.33. The Morgan fingerprint density at radius 3 is 2.33 bits per heavy atom. The zero-order valence-corrected chi connectivity index (χ0v) is 14.4. The molecule has 4 nitrogen and oxygen atoms in total. The summed E-state index contributed by atoms with van der Waals surface area (Å²) in [6.45, 7) is 10.9. The molecule has 0 aromatic carbocycles. The van der Waals surface area contributed by atoms with Crippen LogP contribution in [0.4, 0.5) is 11.6 Å². The minimum Gasteiger partial charge on any atom is -0.373 e. The van der Waals surface area contributed by atoms with Crippen LogP contribution in [0.1, 0.15) is 64.8 Å². The minimum absolute atomic E-state index is 0.0460. The van der Waals surface area contributed by atoms with E-state index >= 15 is 0 Å². The van der Waals surface area contributed by atoms with Gasteiger partial charge in [-0.3, -0.25) is 0 Å². The number of hydrogen-bond donors (Lipinski definition) is 2. The number of nitrogens with zero attached hydrogens (tertiary/aromatic N) is 2. The Balaban J connectivity index is 2.29. The summed E-state index contributed by atoms with van der Waals surface area (Å²) in [4.78, 5) is 9.48. The number of hydrogen-bond acceptors (Lipinski definition) is 4. The molecule has 2 atom stereocenters. The lowest BCUT2D eigenvalue weighted by Gasteiger charge is -2.29. The van der Waals surface area contributed by atoms with Gasteiger partial charge in [-0.2, -0.15) is 0 Å². The van der Waals surface area contributed by atoms with Crippen LogP contribution in [0.3, 0.4) is 0 Å². The molecule has 0 amide bonds. The van der Waals surface area contributed by atoms with Crippen molar-refractivity contribution in [3.05, 3.63) is 11.4 Å². The maximum absolute atomic E-state index is 4.81. The molecular weight excluding hydrogens is 260 g/mol. The van der Waals surface area contributed by atoms with Crippen molar-refractivity contribution in [1.82, 2.24) is 9.97 Å². The third kappa shape index (κ3) is 3.86. The quantitative estimate of drug-likeness (QED) is 0.879. The summed E-state index contributed by atoms with van der Waals surface area (Å²) in [7, 11) is 1.92. The molecule has 21 heavy (non-hydrogen) atoms. The van der Waals surface area contributed by atoms with Gasteiger partial charge in [-0.1, -0.05) is 40.5 Å². The van der Waals surface area contributed by atoms with E-state index in [1.165, 1.54) is 25.7 Å². The highest BCUT2D eigenvalue weighted by molar-refractivity contribution is 5.57. The van der Waals surface area contributed by atoms with E-state index in [1.54, 1.807) is 0 Å². The molecule has 0 radical (unpaired) electrons. The molecule has 2 unspecified atom stereocenters. The molecule has 1 saturated carbocycles. The summed E-state index contributed by atoms with van der Waals surface area (Å²) in [5.74, 6) is 3.63. The van der Waals surface area contributed by atoms with Gasteiger partial charge in [-0.15, -0.1) is 0 Å². The van der Waals surface area contributed by atoms with Gasteiger partial charge in [0.1, 0.15) is 17.5 Å². The summed E-state index contributed by atoms with van der Waals surface area (Å²) >= 11 is 0. The Bertz CT molecular complexity index is 490. The van der Waals surface area contributed by atoms with Gasteiger partial charge in [-0.05, 0) is 25.7 Å². The lowest BCUT2D eigenvalue weighted by Crippen LogP contribution is -2.28. The standard InChI is InChI=1S/C17H30N4/c1-11-8-7-9-13(10-11)19-15-12(2)14(18-6)20-16(21-15)17(3,4)5/h11,13H,7-10H2,1-6H3,(H2,18,19,20,21). The number of nitrogens with one attached hydrogen (secondary N) is 2. The zero-order valence-electron chi connectivity index (χ0n) is 14.4. The largest absolute Gasteiger partial charge is 0.373 e. The maximum Gasteiger partial charge on any atom is 0.138 e. The Labute approximate surface area is 129 Å². The second-order valence-electron chi connectivity index (χ2n) is 7.48.